The molecule has 3 aromatic rings. The summed E-state index contributed by atoms with van der Waals surface area (Å²) < 4.78 is 2.86. The highest BCUT2D eigenvalue weighted by Crippen LogP contribution is 2.18. The van der Waals surface area contributed by atoms with Crippen LogP contribution in [0.3, 0.4) is 0 Å². The first-order chi connectivity index (χ1) is 8.84. The molecule has 2 aromatic heterocycles. The van der Waals surface area contributed by atoms with E-state index in [0.29, 0.717) is 0 Å². The molecule has 0 atom stereocenters. The van der Waals surface area contributed by atoms with Crippen LogP contribution in [0.1, 0.15) is 5.56 Å². The first-order valence-corrected chi connectivity index (χ1v) is 6.39. The minimum Gasteiger partial charge on any atom is -0.363 e. The van der Waals surface area contributed by atoms with Crippen LogP contribution in [0.5, 0.6) is 0 Å². The molecule has 3 rings (SSSR count). The number of fused-ring (bicyclic) bond motifs is 1. The number of hydrogen-bond donors (Lipinski definition) is 1. The highest BCUT2D eigenvalue weighted by Gasteiger charge is 2.06. The summed E-state index contributed by atoms with van der Waals surface area (Å²) in [6.07, 6.45) is 5.40. The van der Waals surface area contributed by atoms with E-state index in [-0.39, 0.29) is 0 Å². The number of nitrogens with zero attached hydrogens (tertiary/aromatic N) is 3. The van der Waals surface area contributed by atoms with Gasteiger partial charge in [0.25, 0.3) is 0 Å². The number of aromatic nitrogens is 3. The van der Waals surface area contributed by atoms with Crippen LogP contribution in [0.15, 0.2) is 53.5 Å². The SMILES string of the molecule is Brc1cnc2c(NCc3ccccc3)nccn12. The standard InChI is InChI=1S/C13H11BrN4/c14-11-9-17-13-12(15-6-7-18(11)13)16-8-10-4-2-1-3-5-10/h1-7,9H,8H2,(H,15,16). The molecule has 0 unspecified atom stereocenters. The number of hydrogen-bond acceptors (Lipinski definition) is 3. The number of benzene rings is 1. The molecule has 1 N–H and O–H groups in total. The van der Waals surface area contributed by atoms with Gasteiger partial charge in [-0.2, -0.15) is 0 Å². The lowest BCUT2D eigenvalue weighted by Crippen LogP contribution is -2.03. The van der Waals surface area contributed by atoms with Crippen LogP contribution < -0.4 is 5.32 Å². The largest absolute Gasteiger partial charge is 0.363 e. The second-order valence-electron chi connectivity index (χ2n) is 3.89. The van der Waals surface area contributed by atoms with Crippen molar-refractivity contribution in [1.82, 2.24) is 14.4 Å². The topological polar surface area (TPSA) is 42.2 Å². The molecule has 0 fully saturated rings. The Balaban J connectivity index is 1.87. The molecule has 4 nitrogen and oxygen atoms in total. The van der Waals surface area contributed by atoms with Crippen molar-refractivity contribution < 1.29 is 0 Å². The summed E-state index contributed by atoms with van der Waals surface area (Å²) in [6, 6.07) is 10.2. The van der Waals surface area contributed by atoms with Crippen molar-refractivity contribution in [3.63, 3.8) is 0 Å². The van der Waals surface area contributed by atoms with Gasteiger partial charge in [0.05, 0.1) is 6.20 Å². The minimum atomic E-state index is 0.734. The molecule has 1 aromatic carbocycles. The van der Waals surface area contributed by atoms with Crippen molar-refractivity contribution in [2.24, 2.45) is 0 Å². The molecule has 0 saturated carbocycles. The van der Waals surface area contributed by atoms with Gasteiger partial charge < -0.3 is 5.32 Å². The number of nitrogens with one attached hydrogen (secondary N) is 1. The second kappa shape index (κ2) is 4.78. The average molecular weight is 303 g/mol. The van der Waals surface area contributed by atoms with E-state index in [4.69, 9.17) is 0 Å². The monoisotopic (exact) mass is 302 g/mol. The number of anilines is 1. The van der Waals surface area contributed by atoms with E-state index >= 15 is 0 Å². The maximum Gasteiger partial charge on any atom is 0.180 e. The van der Waals surface area contributed by atoms with Gasteiger partial charge in [0.15, 0.2) is 11.5 Å². The molecule has 0 bridgehead atoms. The molecule has 2 heterocycles. The zero-order valence-corrected chi connectivity index (χ0v) is 11.1. The second-order valence-corrected chi connectivity index (χ2v) is 4.70. The quantitative estimate of drug-likeness (QED) is 0.808. The first-order valence-electron chi connectivity index (χ1n) is 5.60. The maximum absolute atomic E-state index is 4.32. The van der Waals surface area contributed by atoms with Gasteiger partial charge in [0, 0.05) is 18.9 Å². The van der Waals surface area contributed by atoms with Crippen molar-refractivity contribution in [3.05, 3.63) is 59.1 Å². The highest BCUT2D eigenvalue weighted by atomic mass is 79.9. The minimum absolute atomic E-state index is 0.734. The first kappa shape index (κ1) is 11.2. The molecule has 0 amide bonds. The Morgan fingerprint density at radius 1 is 1.17 bits per heavy atom. The zero-order valence-electron chi connectivity index (χ0n) is 9.55. The summed E-state index contributed by atoms with van der Waals surface area (Å²) in [4.78, 5) is 8.64. The Morgan fingerprint density at radius 3 is 2.83 bits per heavy atom. The fraction of sp³-hybridized carbons (Fsp3) is 0.0769. The van der Waals surface area contributed by atoms with Crippen molar-refractivity contribution in [1.29, 1.82) is 0 Å². The number of rotatable bonds is 3. The van der Waals surface area contributed by atoms with Crippen LogP contribution >= 0.6 is 15.9 Å². The van der Waals surface area contributed by atoms with Gasteiger partial charge in [0.2, 0.25) is 0 Å². The smallest absolute Gasteiger partial charge is 0.180 e. The Morgan fingerprint density at radius 2 is 2.00 bits per heavy atom. The van der Waals surface area contributed by atoms with Crippen LogP contribution in [0, 0.1) is 0 Å². The average Bonchev–Trinajstić information content (AvgIpc) is 2.80. The summed E-state index contributed by atoms with van der Waals surface area (Å²) in [7, 11) is 0. The van der Waals surface area contributed by atoms with Crippen molar-refractivity contribution in [2.75, 3.05) is 5.32 Å². The Kier molecular flexibility index (Phi) is 2.98. The van der Waals surface area contributed by atoms with Crippen LogP contribution in [0.25, 0.3) is 5.65 Å². The van der Waals surface area contributed by atoms with E-state index in [1.807, 2.05) is 28.8 Å². The molecule has 18 heavy (non-hydrogen) atoms. The summed E-state index contributed by atoms with van der Waals surface area (Å²) in [5, 5.41) is 3.30. The number of halogens is 1. The molecule has 0 radical (unpaired) electrons. The fourth-order valence-electron chi connectivity index (χ4n) is 1.80. The zero-order chi connectivity index (χ0) is 12.4. The van der Waals surface area contributed by atoms with Crippen molar-refractivity contribution in [2.45, 2.75) is 6.54 Å². The van der Waals surface area contributed by atoms with Gasteiger partial charge in [-0.3, -0.25) is 4.40 Å². The molecule has 0 spiro atoms. The third-order valence-electron chi connectivity index (χ3n) is 2.69. The molecular weight excluding hydrogens is 292 g/mol. The number of imidazole rings is 1. The molecule has 0 aliphatic carbocycles. The van der Waals surface area contributed by atoms with Gasteiger partial charge in [-0.1, -0.05) is 30.3 Å². The van der Waals surface area contributed by atoms with Gasteiger partial charge >= 0.3 is 0 Å². The van der Waals surface area contributed by atoms with Crippen LogP contribution in [0.2, 0.25) is 0 Å². The predicted molar refractivity (Wildman–Crippen MR) is 74.5 cm³/mol. The summed E-state index contributed by atoms with van der Waals surface area (Å²) in [5.74, 6) is 0.784. The lowest BCUT2D eigenvalue weighted by atomic mass is 10.2. The molecular formula is C13H11BrN4. The van der Waals surface area contributed by atoms with Crippen LogP contribution in [0.4, 0.5) is 5.82 Å². The summed E-state index contributed by atoms with van der Waals surface area (Å²) >= 11 is 3.44. The van der Waals surface area contributed by atoms with Gasteiger partial charge in [-0.05, 0) is 21.5 Å². The van der Waals surface area contributed by atoms with E-state index in [2.05, 4.69) is 43.3 Å². The molecule has 0 saturated heterocycles. The van der Waals surface area contributed by atoms with Crippen molar-refractivity contribution >= 4 is 27.4 Å². The normalized spacial score (nSPS) is 10.7. The van der Waals surface area contributed by atoms with E-state index < -0.39 is 0 Å². The van der Waals surface area contributed by atoms with Gasteiger partial charge in [0.1, 0.15) is 4.60 Å². The predicted octanol–water partition coefficient (Wildman–Crippen LogP) is 3.10. The Bertz CT molecular complexity index is 663. The van der Waals surface area contributed by atoms with Crippen LogP contribution in [-0.2, 0) is 6.54 Å². The molecule has 0 aliphatic rings. The van der Waals surface area contributed by atoms with E-state index in [9.17, 15) is 0 Å². The molecule has 0 aliphatic heterocycles. The lowest BCUT2D eigenvalue weighted by Gasteiger charge is -2.06. The Labute approximate surface area is 113 Å². The third kappa shape index (κ3) is 2.09. The third-order valence-corrected chi connectivity index (χ3v) is 3.27. The van der Waals surface area contributed by atoms with E-state index in [0.717, 1.165) is 22.6 Å². The lowest BCUT2D eigenvalue weighted by molar-refractivity contribution is 1.06. The maximum atomic E-state index is 4.32. The van der Waals surface area contributed by atoms with Crippen LogP contribution in [-0.4, -0.2) is 14.4 Å². The summed E-state index contributed by atoms with van der Waals surface area (Å²) in [6.45, 7) is 0.734. The van der Waals surface area contributed by atoms with Crippen molar-refractivity contribution in [3.8, 4) is 0 Å². The highest BCUT2D eigenvalue weighted by molar-refractivity contribution is 9.10. The van der Waals surface area contributed by atoms with E-state index in [1.165, 1.54) is 5.56 Å². The molecule has 5 heteroatoms. The fourth-order valence-corrected chi connectivity index (χ4v) is 2.18. The Hall–Kier alpha value is -1.88. The van der Waals surface area contributed by atoms with Gasteiger partial charge in [-0.15, -0.1) is 0 Å². The summed E-state index contributed by atoms with van der Waals surface area (Å²) in [5.41, 5.74) is 2.03. The van der Waals surface area contributed by atoms with Gasteiger partial charge in [-0.25, -0.2) is 9.97 Å². The van der Waals surface area contributed by atoms with E-state index in [1.54, 1.807) is 12.4 Å². The molecule has 90 valence electrons.